The molecule has 0 spiro atoms. The average Bonchev–Trinajstić information content (AvgIpc) is 2.57. The van der Waals surface area contributed by atoms with Gasteiger partial charge >= 0.3 is 12.4 Å². The van der Waals surface area contributed by atoms with Crippen molar-refractivity contribution in [3.05, 3.63) is 35.4 Å². The first-order valence-electron chi connectivity index (χ1n) is 8.40. The highest BCUT2D eigenvalue weighted by molar-refractivity contribution is 5.92. The molecule has 0 aliphatic carbocycles. The van der Waals surface area contributed by atoms with Gasteiger partial charge in [0.15, 0.2) is 0 Å². The Labute approximate surface area is 152 Å². The van der Waals surface area contributed by atoms with E-state index >= 15 is 0 Å². The summed E-state index contributed by atoms with van der Waals surface area (Å²) < 4.78 is 86.3. The van der Waals surface area contributed by atoms with Crippen molar-refractivity contribution >= 4 is 5.91 Å². The van der Waals surface area contributed by atoms with E-state index in [1.165, 1.54) is 0 Å². The molecule has 1 amide bonds. The second kappa shape index (κ2) is 8.05. The highest BCUT2D eigenvalue weighted by Crippen LogP contribution is 2.53. The smallest absolute Gasteiger partial charge is 0.366 e. The number of hydrogen-bond acceptors (Lipinski definition) is 3. The van der Waals surface area contributed by atoms with Gasteiger partial charge in [-0.2, -0.15) is 26.3 Å². The summed E-state index contributed by atoms with van der Waals surface area (Å²) in [6.45, 7) is -0.0583. The van der Waals surface area contributed by atoms with E-state index in [4.69, 9.17) is 5.73 Å². The number of primary amides is 1. The summed E-state index contributed by atoms with van der Waals surface area (Å²) in [5.41, 5.74) is -0.850. The number of nitrogens with two attached hydrogens (primary N) is 1. The van der Waals surface area contributed by atoms with Crippen LogP contribution in [-0.4, -0.2) is 37.5 Å². The van der Waals surface area contributed by atoms with Gasteiger partial charge in [0.05, 0.1) is 6.61 Å². The van der Waals surface area contributed by atoms with E-state index in [0.29, 0.717) is 25.1 Å². The summed E-state index contributed by atoms with van der Waals surface area (Å²) in [5, 5.41) is 3.05. The van der Waals surface area contributed by atoms with Gasteiger partial charge in [-0.3, -0.25) is 4.79 Å². The van der Waals surface area contributed by atoms with E-state index in [1.54, 1.807) is 0 Å². The van der Waals surface area contributed by atoms with Crippen LogP contribution in [0.4, 0.5) is 26.3 Å². The molecule has 1 aromatic rings. The van der Waals surface area contributed by atoms with Crippen LogP contribution >= 0.6 is 0 Å². The lowest BCUT2D eigenvalue weighted by atomic mass is 9.90. The zero-order valence-electron chi connectivity index (χ0n) is 14.3. The van der Waals surface area contributed by atoms with Gasteiger partial charge in [0.2, 0.25) is 5.91 Å². The second-order valence-electron chi connectivity index (χ2n) is 6.40. The lowest BCUT2D eigenvalue weighted by Crippen LogP contribution is -2.56. The van der Waals surface area contributed by atoms with Gasteiger partial charge < -0.3 is 15.8 Å². The van der Waals surface area contributed by atoms with Crippen LogP contribution < -0.4 is 11.1 Å². The first-order valence-corrected chi connectivity index (χ1v) is 8.40. The Kier molecular flexibility index (Phi) is 6.41. The maximum atomic E-state index is 13.6. The van der Waals surface area contributed by atoms with Crippen LogP contribution in [0.3, 0.4) is 0 Å². The molecule has 152 valence electrons. The minimum absolute atomic E-state index is 0.0211. The van der Waals surface area contributed by atoms with Crippen molar-refractivity contribution < 1.29 is 35.9 Å². The number of amides is 1. The monoisotopic (exact) mass is 398 g/mol. The molecule has 1 aliphatic heterocycles. The molecule has 0 bridgehead atoms. The molecule has 10 heteroatoms. The van der Waals surface area contributed by atoms with Crippen molar-refractivity contribution in [1.82, 2.24) is 5.32 Å². The van der Waals surface area contributed by atoms with E-state index in [2.05, 4.69) is 10.1 Å². The molecule has 1 unspecified atom stereocenters. The van der Waals surface area contributed by atoms with E-state index in [1.807, 2.05) is 0 Å². The summed E-state index contributed by atoms with van der Waals surface area (Å²) in [5.74, 6) is -0.963. The average molecular weight is 398 g/mol. The number of piperidine rings is 1. The highest BCUT2D eigenvalue weighted by atomic mass is 19.4. The fraction of sp³-hybridized carbons (Fsp3) is 0.588. The molecule has 4 nitrogen and oxygen atoms in total. The van der Waals surface area contributed by atoms with Crippen LogP contribution in [0.2, 0.25) is 0 Å². The van der Waals surface area contributed by atoms with Gasteiger partial charge in [-0.25, -0.2) is 0 Å². The Morgan fingerprint density at radius 1 is 1.07 bits per heavy atom. The van der Waals surface area contributed by atoms with Crippen LogP contribution in [-0.2, 0) is 10.3 Å². The number of benzene rings is 1. The minimum Gasteiger partial charge on any atom is -0.366 e. The minimum atomic E-state index is -5.75. The molecule has 0 saturated carbocycles. The lowest BCUT2D eigenvalue weighted by molar-refractivity contribution is -0.389. The van der Waals surface area contributed by atoms with Crippen LogP contribution in [0.1, 0.15) is 41.6 Å². The first kappa shape index (κ1) is 21.5. The first-order chi connectivity index (χ1) is 12.5. The summed E-state index contributed by atoms with van der Waals surface area (Å²) >= 11 is 0. The third-order valence-corrected chi connectivity index (χ3v) is 4.57. The van der Waals surface area contributed by atoms with Gasteiger partial charge in [-0.1, -0.05) is 18.6 Å². The number of alkyl halides is 6. The van der Waals surface area contributed by atoms with E-state index in [9.17, 15) is 31.1 Å². The zero-order chi connectivity index (χ0) is 20.3. The summed E-state index contributed by atoms with van der Waals surface area (Å²) in [6.07, 6.45) is -9.04. The second-order valence-corrected chi connectivity index (χ2v) is 6.40. The van der Waals surface area contributed by atoms with Crippen molar-refractivity contribution in [3.63, 3.8) is 0 Å². The number of carbonyl (C=O) groups is 1. The standard InChI is InChI=1S/C17H20F6N2O2/c18-16(19,20)15(17(21,22)23,12-6-4-11(5-7-12)14(24)26)27-10-8-13-3-1-2-9-25-13/h4-7,13,25H,1-3,8-10H2,(H2,24,26). The number of carbonyl (C=O) groups excluding carboxylic acids is 1. The van der Waals surface area contributed by atoms with Crippen LogP contribution in [0.5, 0.6) is 0 Å². The number of halogens is 6. The van der Waals surface area contributed by atoms with Crippen molar-refractivity contribution in [2.45, 2.75) is 49.7 Å². The SMILES string of the molecule is NC(=O)c1ccc(C(OCCC2CCCCN2)(C(F)(F)F)C(F)(F)F)cc1. The molecule has 1 atom stereocenters. The Morgan fingerprint density at radius 3 is 2.11 bits per heavy atom. The van der Waals surface area contributed by atoms with Crippen molar-refractivity contribution in [2.75, 3.05) is 13.2 Å². The summed E-state index contributed by atoms with van der Waals surface area (Å²) in [4.78, 5) is 11.0. The molecule has 1 fully saturated rings. The highest BCUT2D eigenvalue weighted by Gasteiger charge is 2.73. The van der Waals surface area contributed by atoms with Crippen LogP contribution in [0, 0.1) is 0 Å². The topological polar surface area (TPSA) is 64.4 Å². The van der Waals surface area contributed by atoms with Crippen LogP contribution in [0.25, 0.3) is 0 Å². The van der Waals surface area contributed by atoms with Gasteiger partial charge in [-0.05, 0) is 37.9 Å². The normalized spacial score (nSPS) is 19.1. The Bertz CT molecular complexity index is 622. The third kappa shape index (κ3) is 4.55. The zero-order valence-corrected chi connectivity index (χ0v) is 14.3. The molecule has 27 heavy (non-hydrogen) atoms. The Hall–Kier alpha value is -1.81. The predicted molar refractivity (Wildman–Crippen MR) is 85.0 cm³/mol. The van der Waals surface area contributed by atoms with Gasteiger partial charge in [-0.15, -0.1) is 0 Å². The fourth-order valence-electron chi connectivity index (χ4n) is 3.13. The fourth-order valence-corrected chi connectivity index (χ4v) is 3.13. The van der Waals surface area contributed by atoms with E-state index < -0.39 is 36.0 Å². The molecular formula is C17H20F6N2O2. The van der Waals surface area contributed by atoms with Crippen molar-refractivity contribution in [3.8, 4) is 0 Å². The van der Waals surface area contributed by atoms with Gasteiger partial charge in [0.1, 0.15) is 0 Å². The third-order valence-electron chi connectivity index (χ3n) is 4.57. The number of hydrogen-bond donors (Lipinski definition) is 2. The number of rotatable bonds is 6. The van der Waals surface area contributed by atoms with Crippen LogP contribution in [0.15, 0.2) is 24.3 Å². The molecule has 0 aromatic heterocycles. The molecule has 1 aliphatic rings. The Morgan fingerprint density at radius 2 is 1.67 bits per heavy atom. The molecule has 0 radical (unpaired) electrons. The molecule has 1 aromatic carbocycles. The quantitative estimate of drug-likeness (QED) is 0.719. The van der Waals surface area contributed by atoms with E-state index in [0.717, 1.165) is 25.0 Å². The molecule has 1 saturated heterocycles. The number of nitrogens with one attached hydrogen (secondary N) is 1. The maximum Gasteiger partial charge on any atom is 0.430 e. The van der Waals surface area contributed by atoms with Crippen molar-refractivity contribution in [2.24, 2.45) is 5.73 Å². The number of ether oxygens (including phenoxy) is 1. The van der Waals surface area contributed by atoms with Gasteiger partial charge in [0, 0.05) is 17.2 Å². The summed E-state index contributed by atoms with van der Waals surface area (Å²) in [7, 11) is 0. The van der Waals surface area contributed by atoms with E-state index in [-0.39, 0.29) is 18.0 Å². The van der Waals surface area contributed by atoms with Gasteiger partial charge in [0.25, 0.3) is 5.60 Å². The van der Waals surface area contributed by atoms with Crippen molar-refractivity contribution in [1.29, 1.82) is 0 Å². The molecule has 3 N–H and O–H groups in total. The Balaban J connectivity index is 2.33. The predicted octanol–water partition coefficient (Wildman–Crippen LogP) is 3.65. The largest absolute Gasteiger partial charge is 0.430 e. The lowest BCUT2D eigenvalue weighted by Gasteiger charge is -2.38. The summed E-state index contributed by atoms with van der Waals surface area (Å²) in [6, 6.07) is 2.58. The molecular weight excluding hydrogens is 378 g/mol. The molecule has 2 rings (SSSR count). The maximum absolute atomic E-state index is 13.6. The molecule has 1 heterocycles.